The van der Waals surface area contributed by atoms with E-state index in [1.54, 1.807) is 13.8 Å². The summed E-state index contributed by atoms with van der Waals surface area (Å²) in [6.45, 7) is 3.43. The largest absolute Gasteiger partial charge is 0.389 e. The first kappa shape index (κ1) is 17.3. The lowest BCUT2D eigenvalue weighted by Gasteiger charge is -2.27. The van der Waals surface area contributed by atoms with Gasteiger partial charge in [0.15, 0.2) is 0 Å². The maximum Gasteiger partial charge on any atom is 0.239 e. The summed E-state index contributed by atoms with van der Waals surface area (Å²) in [6, 6.07) is 2.85. The molecule has 0 spiro atoms. The minimum absolute atomic E-state index is 0.0875. The van der Waals surface area contributed by atoms with Crippen LogP contribution in [0, 0.1) is 17.6 Å². The quantitative estimate of drug-likeness (QED) is 0.854. The average molecular weight is 326 g/mol. The van der Waals surface area contributed by atoms with Crippen molar-refractivity contribution in [3.05, 3.63) is 29.8 Å². The van der Waals surface area contributed by atoms with Gasteiger partial charge >= 0.3 is 0 Å². The molecule has 1 aliphatic rings. The summed E-state index contributed by atoms with van der Waals surface area (Å²) < 4.78 is 26.6. The molecule has 1 heterocycles. The van der Waals surface area contributed by atoms with Gasteiger partial charge in [0.25, 0.3) is 0 Å². The van der Waals surface area contributed by atoms with Gasteiger partial charge in [-0.05, 0) is 32.4 Å². The molecule has 1 fully saturated rings. The van der Waals surface area contributed by atoms with Crippen LogP contribution in [0.25, 0.3) is 0 Å². The van der Waals surface area contributed by atoms with Crippen molar-refractivity contribution < 1.29 is 23.5 Å². The monoisotopic (exact) mass is 326 g/mol. The van der Waals surface area contributed by atoms with E-state index in [0.717, 1.165) is 18.2 Å². The Morgan fingerprint density at radius 2 is 1.91 bits per heavy atom. The van der Waals surface area contributed by atoms with Gasteiger partial charge < -0.3 is 14.9 Å². The molecule has 1 atom stereocenters. The topological polar surface area (TPSA) is 60.9 Å². The van der Waals surface area contributed by atoms with Gasteiger partial charge in [-0.1, -0.05) is 0 Å². The number of aliphatic hydroxyl groups is 1. The number of amides is 2. The van der Waals surface area contributed by atoms with Crippen molar-refractivity contribution >= 4 is 17.5 Å². The number of nitrogens with zero attached hydrogens (tertiary/aromatic N) is 2. The molecule has 0 bridgehead atoms. The number of hydrogen-bond acceptors (Lipinski definition) is 3. The number of hydrogen-bond donors (Lipinski definition) is 1. The van der Waals surface area contributed by atoms with Gasteiger partial charge in [-0.3, -0.25) is 9.59 Å². The summed E-state index contributed by atoms with van der Waals surface area (Å²) in [6.07, 6.45) is 0.270. The molecule has 0 radical (unpaired) electrons. The van der Waals surface area contributed by atoms with Crippen LogP contribution in [-0.2, 0) is 9.59 Å². The van der Waals surface area contributed by atoms with E-state index in [1.165, 1.54) is 16.8 Å². The fraction of sp³-hybridized carbons (Fsp3) is 0.500. The zero-order valence-electron chi connectivity index (χ0n) is 13.3. The molecule has 23 heavy (non-hydrogen) atoms. The lowest BCUT2D eigenvalue weighted by atomic mass is 10.0. The Kier molecular flexibility index (Phi) is 4.70. The highest BCUT2D eigenvalue weighted by Gasteiger charge is 2.39. The molecule has 0 saturated carbocycles. The molecule has 2 rings (SSSR count). The van der Waals surface area contributed by atoms with Crippen LogP contribution in [0.1, 0.15) is 20.3 Å². The minimum Gasteiger partial charge on any atom is -0.389 e. The highest BCUT2D eigenvalue weighted by molar-refractivity contribution is 6.09. The van der Waals surface area contributed by atoms with Crippen LogP contribution in [0.15, 0.2) is 18.2 Å². The lowest BCUT2D eigenvalue weighted by Crippen LogP contribution is -2.44. The highest BCUT2D eigenvalue weighted by Crippen LogP contribution is 2.28. The molecule has 1 unspecified atom stereocenters. The second-order valence-electron chi connectivity index (χ2n) is 6.47. The molecule has 1 N–H and O–H groups in total. The number of anilines is 1. The first-order valence-corrected chi connectivity index (χ1v) is 7.33. The Morgan fingerprint density at radius 3 is 2.43 bits per heavy atom. The Bertz CT molecular complexity index is 608. The Morgan fingerprint density at radius 1 is 1.35 bits per heavy atom. The van der Waals surface area contributed by atoms with E-state index in [-0.39, 0.29) is 25.2 Å². The maximum absolute atomic E-state index is 13.3. The highest BCUT2D eigenvalue weighted by atomic mass is 19.1. The third kappa shape index (κ3) is 4.04. The van der Waals surface area contributed by atoms with Crippen LogP contribution in [-0.4, -0.2) is 47.6 Å². The average Bonchev–Trinajstić information content (AvgIpc) is 2.76. The van der Waals surface area contributed by atoms with Crippen LogP contribution in [0.2, 0.25) is 0 Å². The van der Waals surface area contributed by atoms with Gasteiger partial charge in [0, 0.05) is 31.9 Å². The number of likely N-dealkylation sites (N-methyl/N-ethyl adjacent to an activating group) is 1. The van der Waals surface area contributed by atoms with Crippen molar-refractivity contribution in [1.82, 2.24) is 4.90 Å². The summed E-state index contributed by atoms with van der Waals surface area (Å²) in [5.41, 5.74) is -0.967. The number of rotatable bonds is 4. The molecular weight excluding hydrogens is 306 g/mol. The van der Waals surface area contributed by atoms with Crippen molar-refractivity contribution in [2.75, 3.05) is 25.0 Å². The van der Waals surface area contributed by atoms with E-state index >= 15 is 0 Å². The molecule has 1 saturated heterocycles. The standard InChI is InChI=1S/C16H20F2N2O3/c1-16(2,23)9-19(3)14(21)13-4-5-20(15(13)22)12-7-10(17)6-11(18)8-12/h6-8,13,23H,4-5,9H2,1-3H3. The fourth-order valence-electron chi connectivity index (χ4n) is 2.78. The SMILES string of the molecule is CN(CC(C)(C)O)C(=O)C1CCN(c2cc(F)cc(F)c2)C1=O. The fourth-order valence-corrected chi connectivity index (χ4v) is 2.78. The maximum atomic E-state index is 13.3. The predicted octanol–water partition coefficient (Wildman–Crippen LogP) is 1.55. The zero-order chi connectivity index (χ0) is 17.4. The van der Waals surface area contributed by atoms with Gasteiger partial charge in [0.1, 0.15) is 17.6 Å². The molecule has 2 amide bonds. The van der Waals surface area contributed by atoms with Crippen LogP contribution in [0.3, 0.4) is 0 Å². The van der Waals surface area contributed by atoms with Gasteiger partial charge in [-0.2, -0.15) is 0 Å². The first-order valence-electron chi connectivity index (χ1n) is 7.33. The van der Waals surface area contributed by atoms with Crippen molar-refractivity contribution in [1.29, 1.82) is 0 Å². The first-order chi connectivity index (χ1) is 10.6. The third-order valence-corrected chi connectivity index (χ3v) is 3.66. The van der Waals surface area contributed by atoms with Gasteiger partial charge in [0.05, 0.1) is 5.60 Å². The molecule has 126 valence electrons. The van der Waals surface area contributed by atoms with Gasteiger partial charge in [0.2, 0.25) is 11.8 Å². The van der Waals surface area contributed by atoms with Gasteiger partial charge in [-0.25, -0.2) is 8.78 Å². The molecule has 7 heteroatoms. The molecule has 1 aromatic carbocycles. The second-order valence-corrected chi connectivity index (χ2v) is 6.47. The van der Waals surface area contributed by atoms with Crippen molar-refractivity contribution in [2.24, 2.45) is 5.92 Å². The molecule has 0 aliphatic carbocycles. The van der Waals surface area contributed by atoms with Gasteiger partial charge in [-0.15, -0.1) is 0 Å². The molecule has 1 aromatic rings. The van der Waals surface area contributed by atoms with E-state index in [1.807, 2.05) is 0 Å². The van der Waals surface area contributed by atoms with Crippen molar-refractivity contribution in [3.8, 4) is 0 Å². The summed E-state index contributed by atoms with van der Waals surface area (Å²) >= 11 is 0. The third-order valence-electron chi connectivity index (χ3n) is 3.66. The number of carbonyl (C=O) groups is 2. The minimum atomic E-state index is -1.07. The summed E-state index contributed by atoms with van der Waals surface area (Å²) in [5.74, 6) is -3.34. The Labute approximate surface area is 133 Å². The Hall–Kier alpha value is -2.02. The molecule has 5 nitrogen and oxygen atoms in total. The lowest BCUT2D eigenvalue weighted by molar-refractivity contribution is -0.141. The smallest absolute Gasteiger partial charge is 0.239 e. The molecular formula is C16H20F2N2O3. The number of carbonyl (C=O) groups excluding carboxylic acids is 2. The van der Waals surface area contributed by atoms with Crippen LogP contribution >= 0.6 is 0 Å². The Balaban J connectivity index is 2.13. The van der Waals surface area contributed by atoms with E-state index in [2.05, 4.69) is 0 Å². The molecule has 0 aromatic heterocycles. The van der Waals surface area contributed by atoms with Crippen LogP contribution < -0.4 is 4.90 Å². The van der Waals surface area contributed by atoms with E-state index in [9.17, 15) is 23.5 Å². The van der Waals surface area contributed by atoms with E-state index in [4.69, 9.17) is 0 Å². The van der Waals surface area contributed by atoms with Crippen molar-refractivity contribution in [3.63, 3.8) is 0 Å². The second kappa shape index (κ2) is 6.23. The summed E-state index contributed by atoms with van der Waals surface area (Å²) in [7, 11) is 1.51. The predicted molar refractivity (Wildman–Crippen MR) is 80.8 cm³/mol. The zero-order valence-corrected chi connectivity index (χ0v) is 13.3. The van der Waals surface area contributed by atoms with Crippen LogP contribution in [0.4, 0.5) is 14.5 Å². The number of benzene rings is 1. The van der Waals surface area contributed by atoms with E-state index < -0.39 is 35.0 Å². The number of halogens is 2. The van der Waals surface area contributed by atoms with Crippen molar-refractivity contribution in [2.45, 2.75) is 25.9 Å². The normalized spacial score (nSPS) is 18.4. The van der Waals surface area contributed by atoms with E-state index in [0.29, 0.717) is 0 Å². The summed E-state index contributed by atoms with van der Waals surface area (Å²) in [4.78, 5) is 27.3. The summed E-state index contributed by atoms with van der Waals surface area (Å²) in [5, 5.41) is 9.76. The van der Waals surface area contributed by atoms with Crippen LogP contribution in [0.5, 0.6) is 0 Å². The molecule has 1 aliphatic heterocycles.